The number of aliphatic hydroxyl groups is 1. The molecular formula is C16H24N2O4S. The molecule has 3 N–H and O–H groups in total. The first-order valence-electron chi connectivity index (χ1n) is 7.92. The van der Waals surface area contributed by atoms with Crippen molar-refractivity contribution in [3.63, 3.8) is 0 Å². The minimum atomic E-state index is -3.59. The van der Waals surface area contributed by atoms with Gasteiger partial charge in [0, 0.05) is 18.2 Å². The molecule has 1 saturated carbocycles. The normalized spacial score (nSPS) is 21.9. The summed E-state index contributed by atoms with van der Waals surface area (Å²) >= 11 is 0. The second-order valence-corrected chi connectivity index (χ2v) is 7.72. The maximum Gasteiger partial charge on any atom is 0.251 e. The number of hydrogen-bond acceptors (Lipinski definition) is 4. The van der Waals surface area contributed by atoms with Gasteiger partial charge in [-0.05, 0) is 50.3 Å². The first kappa shape index (κ1) is 17.9. The zero-order chi connectivity index (χ0) is 17.0. The molecule has 0 saturated heterocycles. The van der Waals surface area contributed by atoms with Crippen molar-refractivity contribution in [1.29, 1.82) is 0 Å². The number of rotatable bonds is 5. The zero-order valence-corrected chi connectivity index (χ0v) is 14.3. The molecule has 0 radical (unpaired) electrons. The molecule has 0 aromatic heterocycles. The van der Waals surface area contributed by atoms with Crippen LogP contribution in [0.25, 0.3) is 0 Å². The molecule has 23 heavy (non-hydrogen) atoms. The second-order valence-electron chi connectivity index (χ2n) is 5.96. The Hall–Kier alpha value is -1.44. The monoisotopic (exact) mass is 340 g/mol. The van der Waals surface area contributed by atoms with Gasteiger partial charge in [0.2, 0.25) is 10.0 Å². The zero-order valence-electron chi connectivity index (χ0n) is 13.5. The van der Waals surface area contributed by atoms with E-state index >= 15 is 0 Å². The summed E-state index contributed by atoms with van der Waals surface area (Å²) in [5, 5.41) is 12.5. The predicted molar refractivity (Wildman–Crippen MR) is 87.8 cm³/mol. The molecule has 0 unspecified atom stereocenters. The molecule has 0 bridgehead atoms. The van der Waals surface area contributed by atoms with Crippen LogP contribution in [0.2, 0.25) is 0 Å². The summed E-state index contributed by atoms with van der Waals surface area (Å²) in [6.07, 6.45) is 2.55. The van der Waals surface area contributed by atoms with Crippen LogP contribution in [-0.2, 0) is 10.0 Å². The van der Waals surface area contributed by atoms with Crippen LogP contribution in [0.1, 0.15) is 48.5 Å². The first-order valence-corrected chi connectivity index (χ1v) is 9.41. The van der Waals surface area contributed by atoms with Crippen LogP contribution in [-0.4, -0.2) is 38.1 Å². The van der Waals surface area contributed by atoms with E-state index in [2.05, 4.69) is 10.0 Å². The van der Waals surface area contributed by atoms with Gasteiger partial charge in [-0.25, -0.2) is 13.1 Å². The van der Waals surface area contributed by atoms with Crippen molar-refractivity contribution >= 4 is 15.9 Å². The Morgan fingerprint density at radius 2 is 1.91 bits per heavy atom. The van der Waals surface area contributed by atoms with Crippen LogP contribution in [0.5, 0.6) is 0 Å². The molecule has 128 valence electrons. The van der Waals surface area contributed by atoms with E-state index in [0.29, 0.717) is 24.9 Å². The van der Waals surface area contributed by atoms with E-state index in [4.69, 9.17) is 0 Å². The molecule has 1 aliphatic rings. The fourth-order valence-corrected chi connectivity index (χ4v) is 3.84. The van der Waals surface area contributed by atoms with Gasteiger partial charge < -0.3 is 10.4 Å². The van der Waals surface area contributed by atoms with Gasteiger partial charge in [0.05, 0.1) is 11.0 Å². The van der Waals surface area contributed by atoms with E-state index in [1.807, 2.05) is 0 Å². The number of hydrogen-bond donors (Lipinski definition) is 3. The van der Waals surface area contributed by atoms with Crippen molar-refractivity contribution in [3.8, 4) is 0 Å². The van der Waals surface area contributed by atoms with Gasteiger partial charge in [-0.15, -0.1) is 0 Å². The van der Waals surface area contributed by atoms with Crippen LogP contribution in [0, 0.1) is 6.92 Å². The molecule has 0 atom stereocenters. The Labute approximate surface area is 137 Å². The second kappa shape index (κ2) is 7.42. The number of amides is 1. The highest BCUT2D eigenvalue weighted by Crippen LogP contribution is 2.20. The van der Waals surface area contributed by atoms with Crippen molar-refractivity contribution in [2.45, 2.75) is 56.6 Å². The Morgan fingerprint density at radius 1 is 1.26 bits per heavy atom. The molecule has 1 fully saturated rings. The van der Waals surface area contributed by atoms with Gasteiger partial charge in [-0.1, -0.05) is 13.0 Å². The van der Waals surface area contributed by atoms with Crippen LogP contribution < -0.4 is 10.0 Å². The summed E-state index contributed by atoms with van der Waals surface area (Å²) in [7, 11) is -3.59. The van der Waals surface area contributed by atoms with Gasteiger partial charge in [-0.2, -0.15) is 0 Å². The van der Waals surface area contributed by atoms with Gasteiger partial charge in [0.15, 0.2) is 0 Å². The smallest absolute Gasteiger partial charge is 0.251 e. The highest BCUT2D eigenvalue weighted by molar-refractivity contribution is 7.89. The van der Waals surface area contributed by atoms with Crippen molar-refractivity contribution in [2.75, 3.05) is 6.54 Å². The lowest BCUT2D eigenvalue weighted by atomic mass is 9.93. The standard InChI is InChI=1S/C16H24N2O4S/c1-3-17-23(21,22)14-9-4-11(2)15(10-14)16(20)18-12-5-7-13(19)8-6-12/h4,9-10,12-13,17,19H,3,5-8H2,1-2H3,(H,18,20). The molecule has 1 amide bonds. The lowest BCUT2D eigenvalue weighted by Crippen LogP contribution is -2.39. The molecule has 0 heterocycles. The minimum absolute atomic E-state index is 0.0272. The van der Waals surface area contributed by atoms with Gasteiger partial charge >= 0.3 is 0 Å². The van der Waals surface area contributed by atoms with Crippen molar-refractivity contribution in [2.24, 2.45) is 0 Å². The lowest BCUT2D eigenvalue weighted by Gasteiger charge is -2.26. The van der Waals surface area contributed by atoms with Crippen LogP contribution in [0.4, 0.5) is 0 Å². The van der Waals surface area contributed by atoms with Gasteiger partial charge in [0.25, 0.3) is 5.91 Å². The van der Waals surface area contributed by atoms with Crippen molar-refractivity contribution in [1.82, 2.24) is 10.0 Å². The van der Waals surface area contributed by atoms with E-state index in [9.17, 15) is 18.3 Å². The van der Waals surface area contributed by atoms with E-state index < -0.39 is 10.0 Å². The average molecular weight is 340 g/mol. The molecular weight excluding hydrogens is 316 g/mol. The predicted octanol–water partition coefficient (Wildman–Crippen LogP) is 1.33. The summed E-state index contributed by atoms with van der Waals surface area (Å²) in [4.78, 5) is 12.6. The maximum absolute atomic E-state index is 12.5. The summed E-state index contributed by atoms with van der Waals surface area (Å²) in [5.41, 5.74) is 1.10. The van der Waals surface area contributed by atoms with Crippen LogP contribution >= 0.6 is 0 Å². The average Bonchev–Trinajstić information content (AvgIpc) is 2.49. The summed E-state index contributed by atoms with van der Waals surface area (Å²) in [6.45, 7) is 3.78. The molecule has 6 nitrogen and oxygen atoms in total. The van der Waals surface area contributed by atoms with Crippen LogP contribution in [0.3, 0.4) is 0 Å². The number of sulfonamides is 1. The fraction of sp³-hybridized carbons (Fsp3) is 0.562. The molecule has 2 rings (SSSR count). The number of benzene rings is 1. The third kappa shape index (κ3) is 4.53. The third-order valence-corrected chi connectivity index (χ3v) is 5.67. The number of carbonyl (C=O) groups is 1. The largest absolute Gasteiger partial charge is 0.393 e. The molecule has 0 aliphatic heterocycles. The quantitative estimate of drug-likeness (QED) is 0.753. The van der Waals surface area contributed by atoms with Gasteiger partial charge in [-0.3, -0.25) is 4.79 Å². The summed E-state index contributed by atoms with van der Waals surface area (Å²) < 4.78 is 26.6. The SMILES string of the molecule is CCNS(=O)(=O)c1ccc(C)c(C(=O)NC2CCC(O)CC2)c1. The number of nitrogens with one attached hydrogen (secondary N) is 2. The molecule has 7 heteroatoms. The molecule has 1 aliphatic carbocycles. The summed E-state index contributed by atoms with van der Waals surface area (Å²) in [5.74, 6) is -0.266. The topological polar surface area (TPSA) is 95.5 Å². The minimum Gasteiger partial charge on any atom is -0.393 e. The Morgan fingerprint density at radius 3 is 2.52 bits per heavy atom. The third-order valence-electron chi connectivity index (χ3n) is 4.13. The van der Waals surface area contributed by atoms with Crippen molar-refractivity contribution in [3.05, 3.63) is 29.3 Å². The Bertz CT molecular complexity index is 665. The van der Waals surface area contributed by atoms with E-state index in [-0.39, 0.29) is 22.9 Å². The first-order chi connectivity index (χ1) is 10.8. The number of aliphatic hydroxyl groups excluding tert-OH is 1. The van der Waals surface area contributed by atoms with E-state index in [0.717, 1.165) is 18.4 Å². The van der Waals surface area contributed by atoms with E-state index in [1.54, 1.807) is 19.9 Å². The highest BCUT2D eigenvalue weighted by Gasteiger charge is 2.23. The van der Waals surface area contributed by atoms with Crippen molar-refractivity contribution < 1.29 is 18.3 Å². The maximum atomic E-state index is 12.5. The fourth-order valence-electron chi connectivity index (χ4n) is 2.77. The molecule has 0 spiro atoms. The number of aryl methyl sites for hydroxylation is 1. The van der Waals surface area contributed by atoms with E-state index in [1.165, 1.54) is 12.1 Å². The molecule has 1 aromatic rings. The van der Waals surface area contributed by atoms with Gasteiger partial charge in [0.1, 0.15) is 0 Å². The summed E-state index contributed by atoms with van der Waals surface area (Å²) in [6, 6.07) is 4.59. The number of carbonyl (C=O) groups excluding carboxylic acids is 1. The van der Waals surface area contributed by atoms with Crippen LogP contribution in [0.15, 0.2) is 23.1 Å². The highest BCUT2D eigenvalue weighted by atomic mass is 32.2. The lowest BCUT2D eigenvalue weighted by molar-refractivity contribution is 0.0867. The Balaban J connectivity index is 2.16. The molecule has 1 aromatic carbocycles. The Kier molecular flexibility index (Phi) is 5.78.